The Morgan fingerprint density at radius 2 is 2.25 bits per heavy atom. The van der Waals surface area contributed by atoms with Crippen molar-refractivity contribution in [3.63, 3.8) is 0 Å². The van der Waals surface area contributed by atoms with Crippen LogP contribution in [0.4, 0.5) is 20.2 Å². The molecule has 1 saturated heterocycles. The molecule has 2 atom stereocenters. The second-order valence-electron chi connectivity index (χ2n) is 4.89. The minimum absolute atomic E-state index is 0.0311. The molecule has 2 rings (SSSR count). The number of hydrogen-bond donors (Lipinski definition) is 1. The topological polar surface area (TPSA) is 64.4 Å². The Morgan fingerprint density at radius 1 is 1.50 bits per heavy atom. The lowest BCUT2D eigenvalue weighted by Crippen LogP contribution is -2.26. The van der Waals surface area contributed by atoms with Crippen molar-refractivity contribution in [2.45, 2.75) is 25.8 Å². The normalized spacial score (nSPS) is 20.1. The van der Waals surface area contributed by atoms with E-state index in [-0.39, 0.29) is 28.9 Å². The number of non-ortho nitro benzene ring substituents is 1. The Hall–Kier alpha value is -1.76. The van der Waals surface area contributed by atoms with E-state index < -0.39 is 11.3 Å². The van der Waals surface area contributed by atoms with Gasteiger partial charge in [-0.2, -0.15) is 0 Å². The Morgan fingerprint density at radius 3 is 2.80 bits per heavy atom. The first-order chi connectivity index (χ1) is 9.49. The van der Waals surface area contributed by atoms with Crippen LogP contribution in [-0.4, -0.2) is 24.2 Å². The molecule has 1 aromatic rings. The summed E-state index contributed by atoms with van der Waals surface area (Å²) < 4.78 is 31.3. The van der Waals surface area contributed by atoms with Crippen molar-refractivity contribution >= 4 is 11.4 Å². The Balaban J connectivity index is 2.19. The van der Waals surface area contributed by atoms with Crippen LogP contribution in [-0.2, 0) is 4.74 Å². The highest BCUT2D eigenvalue weighted by atomic mass is 19.3. The van der Waals surface area contributed by atoms with Crippen molar-refractivity contribution in [3.05, 3.63) is 33.9 Å². The Kier molecular flexibility index (Phi) is 4.49. The van der Waals surface area contributed by atoms with E-state index in [1.54, 1.807) is 0 Å². The molecule has 1 fully saturated rings. The zero-order chi connectivity index (χ0) is 14.7. The summed E-state index contributed by atoms with van der Waals surface area (Å²) in [5.74, 6) is 0.260. The number of nitro groups is 1. The zero-order valence-corrected chi connectivity index (χ0v) is 11.0. The maximum absolute atomic E-state index is 13.0. The molecule has 0 spiro atoms. The third-order valence-corrected chi connectivity index (χ3v) is 3.54. The molecule has 110 valence electrons. The molecule has 1 aliphatic heterocycles. The molecule has 1 aliphatic rings. The maximum Gasteiger partial charge on any atom is 0.270 e. The second-order valence-corrected chi connectivity index (χ2v) is 4.89. The van der Waals surface area contributed by atoms with Gasteiger partial charge in [-0.15, -0.1) is 0 Å². The van der Waals surface area contributed by atoms with Crippen molar-refractivity contribution in [3.8, 4) is 0 Å². The Bertz CT molecular complexity index is 491. The average molecular weight is 286 g/mol. The van der Waals surface area contributed by atoms with Crippen molar-refractivity contribution < 1.29 is 18.4 Å². The Labute approximate surface area is 115 Å². The maximum atomic E-state index is 13.0. The highest BCUT2D eigenvalue weighted by Gasteiger charge is 2.24. The van der Waals surface area contributed by atoms with E-state index in [2.05, 4.69) is 5.32 Å². The van der Waals surface area contributed by atoms with Gasteiger partial charge in [-0.25, -0.2) is 8.78 Å². The monoisotopic (exact) mass is 286 g/mol. The van der Waals surface area contributed by atoms with Crippen LogP contribution in [0.5, 0.6) is 0 Å². The van der Waals surface area contributed by atoms with E-state index in [4.69, 9.17) is 4.74 Å². The summed E-state index contributed by atoms with van der Waals surface area (Å²) in [5.41, 5.74) is -0.433. The number of alkyl halides is 2. The van der Waals surface area contributed by atoms with E-state index in [0.29, 0.717) is 13.2 Å². The van der Waals surface area contributed by atoms with E-state index in [9.17, 15) is 18.9 Å². The minimum atomic E-state index is -2.76. The van der Waals surface area contributed by atoms with Crippen LogP contribution >= 0.6 is 0 Å². The largest absolute Gasteiger partial charge is 0.382 e. The van der Waals surface area contributed by atoms with Gasteiger partial charge >= 0.3 is 0 Å². The van der Waals surface area contributed by atoms with E-state index in [1.807, 2.05) is 6.92 Å². The van der Waals surface area contributed by atoms with Crippen LogP contribution in [0.25, 0.3) is 0 Å². The number of anilines is 1. The van der Waals surface area contributed by atoms with Gasteiger partial charge in [-0.05, 0) is 19.4 Å². The standard InChI is InChI=1S/C13H16F2N2O3/c1-8(9-4-5-20-7-9)16-12-3-2-10(17(18)19)6-11(12)13(14)15/h2-3,6,8-9,13,16H,4-5,7H2,1H3. The van der Waals surface area contributed by atoms with Crippen LogP contribution < -0.4 is 5.32 Å². The molecule has 2 unspecified atom stereocenters. The number of halogens is 2. The molecule has 20 heavy (non-hydrogen) atoms. The highest BCUT2D eigenvalue weighted by Crippen LogP contribution is 2.32. The van der Waals surface area contributed by atoms with Gasteiger partial charge in [-0.3, -0.25) is 10.1 Å². The summed E-state index contributed by atoms with van der Waals surface area (Å²) >= 11 is 0. The number of nitrogens with one attached hydrogen (secondary N) is 1. The highest BCUT2D eigenvalue weighted by molar-refractivity contribution is 5.57. The number of ether oxygens (including phenoxy) is 1. The molecule has 0 amide bonds. The average Bonchev–Trinajstić information content (AvgIpc) is 2.92. The van der Waals surface area contributed by atoms with Crippen LogP contribution in [0.2, 0.25) is 0 Å². The van der Waals surface area contributed by atoms with Crippen molar-refractivity contribution in [2.24, 2.45) is 5.92 Å². The van der Waals surface area contributed by atoms with Gasteiger partial charge < -0.3 is 10.1 Å². The summed E-state index contributed by atoms with van der Waals surface area (Å²) in [6, 6.07) is 3.46. The molecule has 0 aromatic heterocycles. The summed E-state index contributed by atoms with van der Waals surface area (Å²) in [4.78, 5) is 9.97. The molecule has 0 saturated carbocycles. The fourth-order valence-corrected chi connectivity index (χ4v) is 2.29. The van der Waals surface area contributed by atoms with Crippen LogP contribution in [0.1, 0.15) is 25.3 Å². The van der Waals surface area contributed by atoms with E-state index >= 15 is 0 Å². The summed E-state index contributed by atoms with van der Waals surface area (Å²) in [5, 5.41) is 13.7. The summed E-state index contributed by atoms with van der Waals surface area (Å²) in [6.07, 6.45) is -1.88. The molecular weight excluding hydrogens is 270 g/mol. The lowest BCUT2D eigenvalue weighted by atomic mass is 10.00. The SMILES string of the molecule is CC(Nc1ccc([N+](=O)[O-])cc1C(F)F)C1CCOC1. The molecule has 0 aliphatic carbocycles. The lowest BCUT2D eigenvalue weighted by Gasteiger charge is -2.22. The van der Waals surface area contributed by atoms with Gasteiger partial charge in [0, 0.05) is 42.0 Å². The molecular formula is C13H16F2N2O3. The molecule has 1 aromatic carbocycles. The first kappa shape index (κ1) is 14.6. The van der Waals surface area contributed by atoms with Crippen molar-refractivity contribution in [1.29, 1.82) is 0 Å². The third-order valence-electron chi connectivity index (χ3n) is 3.54. The number of nitro benzene ring substituents is 1. The van der Waals surface area contributed by atoms with Crippen LogP contribution in [0.15, 0.2) is 18.2 Å². The fraction of sp³-hybridized carbons (Fsp3) is 0.538. The lowest BCUT2D eigenvalue weighted by molar-refractivity contribution is -0.385. The van der Waals surface area contributed by atoms with Gasteiger partial charge in [0.05, 0.1) is 11.5 Å². The molecule has 1 heterocycles. The third kappa shape index (κ3) is 3.22. The number of nitrogens with zero attached hydrogens (tertiary/aromatic N) is 1. The predicted molar refractivity (Wildman–Crippen MR) is 70.1 cm³/mol. The fourth-order valence-electron chi connectivity index (χ4n) is 2.29. The van der Waals surface area contributed by atoms with Gasteiger partial charge in [0.15, 0.2) is 0 Å². The summed E-state index contributed by atoms with van der Waals surface area (Å²) in [7, 11) is 0. The number of rotatable bonds is 5. The number of hydrogen-bond acceptors (Lipinski definition) is 4. The van der Waals surface area contributed by atoms with E-state index in [1.165, 1.54) is 12.1 Å². The first-order valence-electron chi connectivity index (χ1n) is 6.40. The van der Waals surface area contributed by atoms with Gasteiger partial charge in [0.1, 0.15) is 0 Å². The van der Waals surface area contributed by atoms with Crippen molar-refractivity contribution in [1.82, 2.24) is 0 Å². The second kappa shape index (κ2) is 6.13. The van der Waals surface area contributed by atoms with Crippen LogP contribution in [0, 0.1) is 16.0 Å². The molecule has 1 N–H and O–H groups in total. The smallest absolute Gasteiger partial charge is 0.270 e. The van der Waals surface area contributed by atoms with Crippen molar-refractivity contribution in [2.75, 3.05) is 18.5 Å². The minimum Gasteiger partial charge on any atom is -0.382 e. The van der Waals surface area contributed by atoms with E-state index in [0.717, 1.165) is 12.5 Å². The van der Waals surface area contributed by atoms with Gasteiger partial charge in [-0.1, -0.05) is 0 Å². The summed E-state index contributed by atoms with van der Waals surface area (Å²) in [6.45, 7) is 3.18. The van der Waals surface area contributed by atoms with Gasteiger partial charge in [0.25, 0.3) is 12.1 Å². The zero-order valence-electron chi connectivity index (χ0n) is 11.0. The quantitative estimate of drug-likeness (QED) is 0.665. The van der Waals surface area contributed by atoms with Gasteiger partial charge in [0.2, 0.25) is 0 Å². The number of benzene rings is 1. The molecule has 7 heteroatoms. The molecule has 0 radical (unpaired) electrons. The molecule has 0 bridgehead atoms. The first-order valence-corrected chi connectivity index (χ1v) is 6.40. The molecule has 5 nitrogen and oxygen atoms in total. The van der Waals surface area contributed by atoms with Crippen LogP contribution in [0.3, 0.4) is 0 Å². The predicted octanol–water partition coefficient (Wildman–Crippen LogP) is 3.37.